The minimum Gasteiger partial charge on any atom is -0.316 e. The van der Waals surface area contributed by atoms with Crippen molar-refractivity contribution in [3.8, 4) is 0 Å². The van der Waals surface area contributed by atoms with Crippen LogP contribution < -0.4 is 5.32 Å². The van der Waals surface area contributed by atoms with E-state index in [-0.39, 0.29) is 0 Å². The quantitative estimate of drug-likeness (QED) is 0.767. The second-order valence-electron chi connectivity index (χ2n) is 5.37. The standard InChI is InChI=1S/C18H21Cl2N/c1-3-21-12-16(15-6-4-5-13(2)9-15)10-14-7-8-17(19)18(20)11-14/h4-9,11,16,21H,3,10,12H2,1-2H3. The zero-order valence-corrected chi connectivity index (χ0v) is 14.0. The summed E-state index contributed by atoms with van der Waals surface area (Å²) < 4.78 is 0. The van der Waals surface area contributed by atoms with E-state index in [1.807, 2.05) is 12.1 Å². The zero-order valence-electron chi connectivity index (χ0n) is 12.5. The van der Waals surface area contributed by atoms with E-state index in [1.54, 1.807) is 0 Å². The molecule has 2 rings (SSSR count). The average Bonchev–Trinajstić information content (AvgIpc) is 2.47. The number of hydrogen-bond acceptors (Lipinski definition) is 1. The van der Waals surface area contributed by atoms with Crippen molar-refractivity contribution in [3.63, 3.8) is 0 Å². The van der Waals surface area contributed by atoms with Crippen LogP contribution in [-0.4, -0.2) is 13.1 Å². The van der Waals surface area contributed by atoms with Crippen LogP contribution in [0.2, 0.25) is 10.0 Å². The summed E-state index contributed by atoms with van der Waals surface area (Å²) in [6.07, 6.45) is 0.952. The molecule has 2 aromatic rings. The molecule has 0 saturated carbocycles. The maximum Gasteiger partial charge on any atom is 0.0595 e. The van der Waals surface area contributed by atoms with Crippen LogP contribution in [0.4, 0.5) is 0 Å². The third-order valence-electron chi connectivity index (χ3n) is 3.62. The van der Waals surface area contributed by atoms with E-state index in [2.05, 4.69) is 49.5 Å². The molecule has 0 heterocycles. The lowest BCUT2D eigenvalue weighted by Gasteiger charge is -2.19. The van der Waals surface area contributed by atoms with Crippen molar-refractivity contribution < 1.29 is 0 Å². The van der Waals surface area contributed by atoms with E-state index in [0.29, 0.717) is 16.0 Å². The van der Waals surface area contributed by atoms with Crippen LogP contribution in [0.15, 0.2) is 42.5 Å². The third-order valence-corrected chi connectivity index (χ3v) is 4.36. The van der Waals surface area contributed by atoms with E-state index in [9.17, 15) is 0 Å². The molecule has 0 aliphatic carbocycles. The normalized spacial score (nSPS) is 12.4. The zero-order chi connectivity index (χ0) is 15.2. The van der Waals surface area contributed by atoms with Gasteiger partial charge in [0.05, 0.1) is 10.0 Å². The highest BCUT2D eigenvalue weighted by Crippen LogP contribution is 2.27. The topological polar surface area (TPSA) is 12.0 Å². The van der Waals surface area contributed by atoms with Gasteiger partial charge in [-0.2, -0.15) is 0 Å². The fraction of sp³-hybridized carbons (Fsp3) is 0.333. The van der Waals surface area contributed by atoms with Crippen LogP contribution in [-0.2, 0) is 6.42 Å². The first kappa shape index (κ1) is 16.4. The molecule has 21 heavy (non-hydrogen) atoms. The highest BCUT2D eigenvalue weighted by atomic mass is 35.5. The molecule has 0 aliphatic heterocycles. The first-order chi connectivity index (χ1) is 10.1. The molecular weight excluding hydrogens is 301 g/mol. The van der Waals surface area contributed by atoms with Gasteiger partial charge < -0.3 is 5.32 Å². The third kappa shape index (κ3) is 4.74. The second kappa shape index (κ2) is 7.84. The van der Waals surface area contributed by atoms with Crippen molar-refractivity contribution in [2.45, 2.75) is 26.2 Å². The lowest BCUT2D eigenvalue weighted by Crippen LogP contribution is -2.22. The number of benzene rings is 2. The summed E-state index contributed by atoms with van der Waals surface area (Å²) in [6.45, 7) is 6.20. The van der Waals surface area contributed by atoms with E-state index in [1.165, 1.54) is 16.7 Å². The molecule has 112 valence electrons. The molecule has 1 N–H and O–H groups in total. The Morgan fingerprint density at radius 2 is 1.86 bits per heavy atom. The van der Waals surface area contributed by atoms with Gasteiger partial charge in [0.15, 0.2) is 0 Å². The molecular formula is C18H21Cl2N. The van der Waals surface area contributed by atoms with Crippen molar-refractivity contribution in [2.24, 2.45) is 0 Å². The number of hydrogen-bond donors (Lipinski definition) is 1. The second-order valence-corrected chi connectivity index (χ2v) is 6.19. The SMILES string of the molecule is CCNCC(Cc1ccc(Cl)c(Cl)c1)c1cccc(C)c1. The number of likely N-dealkylation sites (N-methyl/N-ethyl adjacent to an activating group) is 1. The van der Waals surface area contributed by atoms with Gasteiger partial charge in [-0.25, -0.2) is 0 Å². The van der Waals surface area contributed by atoms with E-state index >= 15 is 0 Å². The Morgan fingerprint density at radius 3 is 2.52 bits per heavy atom. The fourth-order valence-corrected chi connectivity index (χ4v) is 2.82. The van der Waals surface area contributed by atoms with Crippen LogP contribution in [0, 0.1) is 6.92 Å². The molecule has 0 saturated heterocycles. The van der Waals surface area contributed by atoms with Crippen LogP contribution in [0.25, 0.3) is 0 Å². The van der Waals surface area contributed by atoms with E-state index < -0.39 is 0 Å². The molecule has 3 heteroatoms. The van der Waals surface area contributed by atoms with Gasteiger partial charge in [-0.3, -0.25) is 0 Å². The Hall–Kier alpha value is -1.02. The van der Waals surface area contributed by atoms with Gasteiger partial charge in [0, 0.05) is 12.5 Å². The van der Waals surface area contributed by atoms with Crippen LogP contribution >= 0.6 is 23.2 Å². The minimum absolute atomic E-state index is 0.432. The molecule has 1 unspecified atom stereocenters. The van der Waals surface area contributed by atoms with Crippen LogP contribution in [0.5, 0.6) is 0 Å². The Labute approximate surface area is 137 Å². The predicted octanol–water partition coefficient (Wildman–Crippen LogP) is 5.24. The number of aryl methyl sites for hydroxylation is 1. The van der Waals surface area contributed by atoms with Crippen molar-refractivity contribution in [1.29, 1.82) is 0 Å². The molecule has 0 radical (unpaired) electrons. The largest absolute Gasteiger partial charge is 0.316 e. The molecule has 0 fully saturated rings. The van der Waals surface area contributed by atoms with Gasteiger partial charge >= 0.3 is 0 Å². The first-order valence-corrected chi connectivity index (χ1v) is 8.07. The van der Waals surface area contributed by atoms with Crippen LogP contribution in [0.3, 0.4) is 0 Å². The monoisotopic (exact) mass is 321 g/mol. The number of nitrogens with one attached hydrogen (secondary N) is 1. The van der Waals surface area contributed by atoms with Crippen molar-refractivity contribution in [3.05, 3.63) is 69.2 Å². The summed E-state index contributed by atoms with van der Waals surface area (Å²) in [4.78, 5) is 0. The minimum atomic E-state index is 0.432. The molecule has 1 atom stereocenters. The first-order valence-electron chi connectivity index (χ1n) is 7.31. The fourth-order valence-electron chi connectivity index (χ4n) is 2.50. The van der Waals surface area contributed by atoms with Gasteiger partial charge in [-0.05, 0) is 43.1 Å². The average molecular weight is 322 g/mol. The summed E-state index contributed by atoms with van der Waals surface area (Å²) in [5.41, 5.74) is 3.87. The molecule has 1 nitrogen and oxygen atoms in total. The molecule has 0 bridgehead atoms. The van der Waals surface area contributed by atoms with Gasteiger partial charge in [0.2, 0.25) is 0 Å². The maximum atomic E-state index is 6.13. The molecule has 0 aromatic heterocycles. The summed E-state index contributed by atoms with van der Waals surface area (Å²) in [5, 5.41) is 4.69. The predicted molar refractivity (Wildman–Crippen MR) is 92.6 cm³/mol. The van der Waals surface area contributed by atoms with Crippen molar-refractivity contribution >= 4 is 23.2 Å². The van der Waals surface area contributed by atoms with Gasteiger partial charge in [-0.15, -0.1) is 0 Å². The summed E-state index contributed by atoms with van der Waals surface area (Å²) in [7, 11) is 0. The molecule has 2 aromatic carbocycles. The number of rotatable bonds is 6. The van der Waals surface area contributed by atoms with E-state index in [4.69, 9.17) is 23.2 Å². The smallest absolute Gasteiger partial charge is 0.0595 e. The van der Waals surface area contributed by atoms with Gasteiger partial charge in [0.25, 0.3) is 0 Å². The van der Waals surface area contributed by atoms with E-state index in [0.717, 1.165) is 19.5 Å². The summed E-state index contributed by atoms with van der Waals surface area (Å²) in [5.74, 6) is 0.432. The Kier molecular flexibility index (Phi) is 6.10. The highest BCUT2D eigenvalue weighted by molar-refractivity contribution is 6.42. The van der Waals surface area contributed by atoms with Gasteiger partial charge in [-0.1, -0.05) is 66.0 Å². The molecule has 0 aliphatic rings. The van der Waals surface area contributed by atoms with Crippen molar-refractivity contribution in [2.75, 3.05) is 13.1 Å². The van der Waals surface area contributed by atoms with Crippen molar-refractivity contribution in [1.82, 2.24) is 5.32 Å². The Balaban J connectivity index is 2.21. The summed E-state index contributed by atoms with van der Waals surface area (Å²) >= 11 is 12.1. The lowest BCUT2D eigenvalue weighted by atomic mass is 9.91. The number of halogens is 2. The van der Waals surface area contributed by atoms with Crippen LogP contribution in [0.1, 0.15) is 29.5 Å². The lowest BCUT2D eigenvalue weighted by molar-refractivity contribution is 0.594. The molecule has 0 spiro atoms. The maximum absolute atomic E-state index is 6.13. The Bertz CT molecular complexity index is 596. The molecule has 0 amide bonds. The summed E-state index contributed by atoms with van der Waals surface area (Å²) in [6, 6.07) is 14.6. The Morgan fingerprint density at radius 1 is 1.05 bits per heavy atom. The highest BCUT2D eigenvalue weighted by Gasteiger charge is 2.13. The van der Waals surface area contributed by atoms with Gasteiger partial charge in [0.1, 0.15) is 0 Å².